The maximum absolute atomic E-state index is 9.35. The van der Waals surface area contributed by atoms with E-state index in [4.69, 9.17) is 0 Å². The zero-order valence-corrected chi connectivity index (χ0v) is 8.83. The number of hydrogen-bond donors (Lipinski definition) is 2. The van der Waals surface area contributed by atoms with Crippen LogP contribution in [0, 0.1) is 0 Å². The summed E-state index contributed by atoms with van der Waals surface area (Å²) in [6, 6.07) is 0.363. The van der Waals surface area contributed by atoms with Crippen LogP contribution >= 0.6 is 9.24 Å². The Morgan fingerprint density at radius 2 is 2.00 bits per heavy atom. The van der Waals surface area contributed by atoms with Crippen molar-refractivity contribution >= 4 is 9.24 Å². The fourth-order valence-electron chi connectivity index (χ4n) is 0.812. The number of aliphatic hydroxyl groups is 1. The van der Waals surface area contributed by atoms with Crippen LogP contribution in [0.15, 0.2) is 0 Å². The van der Waals surface area contributed by atoms with Gasteiger partial charge in [0.2, 0.25) is 0 Å². The molecule has 0 aromatic rings. The molecule has 2 nitrogen and oxygen atoms in total. The smallest absolute Gasteiger partial charge is 0.105 e. The first-order chi connectivity index (χ1) is 5.07. The van der Waals surface area contributed by atoms with Crippen LogP contribution in [0.1, 0.15) is 33.6 Å². The second-order valence-electron chi connectivity index (χ2n) is 3.12. The van der Waals surface area contributed by atoms with Gasteiger partial charge in [-0.25, -0.2) is 0 Å². The summed E-state index contributed by atoms with van der Waals surface area (Å²) in [7, 11) is 2.73. The van der Waals surface area contributed by atoms with Gasteiger partial charge in [0.1, 0.15) is 6.23 Å². The summed E-state index contributed by atoms with van der Waals surface area (Å²) in [5.74, 6) is 0. The zero-order valence-electron chi connectivity index (χ0n) is 7.67. The fraction of sp³-hybridized carbons (Fsp3) is 1.00. The molecule has 68 valence electrons. The van der Waals surface area contributed by atoms with Gasteiger partial charge in [0.25, 0.3) is 0 Å². The molecule has 0 fully saturated rings. The Balaban J connectivity index is 3.48. The van der Waals surface area contributed by atoms with E-state index >= 15 is 0 Å². The molecule has 0 saturated carbocycles. The summed E-state index contributed by atoms with van der Waals surface area (Å²) < 4.78 is 0. The van der Waals surface area contributed by atoms with Crippen molar-refractivity contribution in [2.24, 2.45) is 0 Å². The van der Waals surface area contributed by atoms with E-state index < -0.39 is 0 Å². The molecule has 2 N–H and O–H groups in total. The standard InChI is InChI=1S/C8H20NOP/c1-4-5-8(10)9-6(2)7(3)11/h6-10H,4-5,11H2,1-3H3/t6-,7+,8?/m0/s1. The molecular weight excluding hydrogens is 157 g/mol. The Morgan fingerprint density at radius 3 is 2.36 bits per heavy atom. The highest BCUT2D eigenvalue weighted by Gasteiger charge is 2.10. The lowest BCUT2D eigenvalue weighted by molar-refractivity contribution is 0.115. The Hall–Kier alpha value is 0.350. The highest BCUT2D eigenvalue weighted by Crippen LogP contribution is 2.05. The zero-order chi connectivity index (χ0) is 8.85. The van der Waals surface area contributed by atoms with Gasteiger partial charge in [0.05, 0.1) is 0 Å². The monoisotopic (exact) mass is 177 g/mol. The molecule has 0 bridgehead atoms. The highest BCUT2D eigenvalue weighted by atomic mass is 31.0. The topological polar surface area (TPSA) is 32.3 Å². The van der Waals surface area contributed by atoms with Crippen molar-refractivity contribution in [1.29, 1.82) is 0 Å². The molecule has 0 saturated heterocycles. The second kappa shape index (κ2) is 5.93. The van der Waals surface area contributed by atoms with E-state index in [1.165, 1.54) is 0 Å². The lowest BCUT2D eigenvalue weighted by Gasteiger charge is -2.21. The van der Waals surface area contributed by atoms with E-state index in [-0.39, 0.29) is 6.23 Å². The third-order valence-corrected chi connectivity index (χ3v) is 2.38. The largest absolute Gasteiger partial charge is 0.379 e. The average molecular weight is 177 g/mol. The van der Waals surface area contributed by atoms with Gasteiger partial charge in [-0.2, -0.15) is 0 Å². The summed E-state index contributed by atoms with van der Waals surface area (Å²) in [5, 5.41) is 12.5. The van der Waals surface area contributed by atoms with Crippen molar-refractivity contribution in [3.8, 4) is 0 Å². The molecule has 0 radical (unpaired) electrons. The molecule has 11 heavy (non-hydrogen) atoms. The van der Waals surface area contributed by atoms with Gasteiger partial charge >= 0.3 is 0 Å². The molecule has 0 aliphatic rings. The van der Waals surface area contributed by atoms with E-state index in [9.17, 15) is 5.11 Å². The van der Waals surface area contributed by atoms with Crippen molar-refractivity contribution in [3.63, 3.8) is 0 Å². The van der Waals surface area contributed by atoms with E-state index in [0.717, 1.165) is 12.8 Å². The lowest BCUT2D eigenvalue weighted by atomic mass is 10.2. The van der Waals surface area contributed by atoms with Gasteiger partial charge in [0.15, 0.2) is 0 Å². The normalized spacial score (nSPS) is 19.4. The first-order valence-corrected chi connectivity index (χ1v) is 4.94. The number of hydrogen-bond acceptors (Lipinski definition) is 2. The Labute approximate surface area is 72.0 Å². The summed E-state index contributed by atoms with van der Waals surface area (Å²) in [6.07, 6.45) is 1.52. The minimum Gasteiger partial charge on any atom is -0.379 e. The minimum atomic E-state index is -0.335. The van der Waals surface area contributed by atoms with Crippen molar-refractivity contribution in [2.45, 2.75) is 51.5 Å². The summed E-state index contributed by atoms with van der Waals surface area (Å²) in [6.45, 7) is 6.26. The quantitative estimate of drug-likeness (QED) is 0.490. The SMILES string of the molecule is CCCC(O)N[C@@H](C)[C@@H](C)P. The molecule has 0 aliphatic carbocycles. The number of aliphatic hydroxyl groups excluding tert-OH is 1. The van der Waals surface area contributed by atoms with E-state index in [1.807, 2.05) is 0 Å². The van der Waals surface area contributed by atoms with Gasteiger partial charge in [-0.05, 0) is 19.0 Å². The van der Waals surface area contributed by atoms with Crippen LogP contribution in [-0.2, 0) is 0 Å². The number of nitrogens with one attached hydrogen (secondary N) is 1. The molecule has 0 aromatic carbocycles. The third-order valence-electron chi connectivity index (χ3n) is 1.81. The lowest BCUT2D eigenvalue weighted by Crippen LogP contribution is -2.40. The molecule has 4 atom stereocenters. The molecule has 0 aromatic heterocycles. The van der Waals surface area contributed by atoms with Crippen LogP contribution in [0.5, 0.6) is 0 Å². The van der Waals surface area contributed by atoms with Gasteiger partial charge in [0, 0.05) is 6.04 Å². The first kappa shape index (κ1) is 11.4. The van der Waals surface area contributed by atoms with E-state index in [2.05, 4.69) is 35.3 Å². The molecule has 0 rings (SSSR count). The molecule has 0 spiro atoms. The Morgan fingerprint density at radius 1 is 1.45 bits per heavy atom. The predicted octanol–water partition coefficient (Wildman–Crippen LogP) is 1.35. The van der Waals surface area contributed by atoms with Crippen LogP contribution in [0.25, 0.3) is 0 Å². The van der Waals surface area contributed by atoms with Gasteiger partial charge in [-0.1, -0.05) is 20.3 Å². The predicted molar refractivity (Wildman–Crippen MR) is 52.7 cm³/mol. The third kappa shape index (κ3) is 5.60. The first-order valence-electron chi connectivity index (χ1n) is 4.27. The molecule has 0 heterocycles. The van der Waals surface area contributed by atoms with Crippen molar-refractivity contribution in [2.75, 3.05) is 0 Å². The summed E-state index contributed by atoms with van der Waals surface area (Å²) in [4.78, 5) is 0. The maximum Gasteiger partial charge on any atom is 0.105 e. The average Bonchev–Trinajstić information content (AvgIpc) is 1.87. The van der Waals surface area contributed by atoms with Crippen LogP contribution in [0.4, 0.5) is 0 Å². The minimum absolute atomic E-state index is 0.335. The molecule has 2 unspecified atom stereocenters. The van der Waals surface area contributed by atoms with Crippen LogP contribution < -0.4 is 5.32 Å². The number of rotatable bonds is 5. The van der Waals surface area contributed by atoms with Gasteiger partial charge in [-0.15, -0.1) is 9.24 Å². The van der Waals surface area contributed by atoms with Crippen molar-refractivity contribution in [3.05, 3.63) is 0 Å². The van der Waals surface area contributed by atoms with Crippen molar-refractivity contribution in [1.82, 2.24) is 5.32 Å². The fourth-order valence-corrected chi connectivity index (χ4v) is 0.923. The van der Waals surface area contributed by atoms with Gasteiger partial charge in [-0.3, -0.25) is 5.32 Å². The summed E-state index contributed by atoms with van der Waals surface area (Å²) in [5.41, 5.74) is 0.501. The van der Waals surface area contributed by atoms with E-state index in [1.54, 1.807) is 0 Å². The highest BCUT2D eigenvalue weighted by molar-refractivity contribution is 7.17. The van der Waals surface area contributed by atoms with Crippen LogP contribution in [0.3, 0.4) is 0 Å². The van der Waals surface area contributed by atoms with Crippen LogP contribution in [0.2, 0.25) is 0 Å². The Bertz CT molecular complexity index is 98.1. The molecule has 0 aliphatic heterocycles. The van der Waals surface area contributed by atoms with Crippen LogP contribution in [-0.4, -0.2) is 23.0 Å². The van der Waals surface area contributed by atoms with Crippen molar-refractivity contribution < 1.29 is 5.11 Å². The molecular formula is C8H20NOP. The van der Waals surface area contributed by atoms with Gasteiger partial charge < -0.3 is 5.11 Å². The molecule has 0 amide bonds. The molecule has 3 heteroatoms. The Kier molecular flexibility index (Phi) is 6.12. The maximum atomic E-state index is 9.35. The second-order valence-corrected chi connectivity index (χ2v) is 4.17. The van der Waals surface area contributed by atoms with E-state index in [0.29, 0.717) is 11.7 Å². The summed E-state index contributed by atoms with van der Waals surface area (Å²) >= 11 is 0.